The Bertz CT molecular complexity index is 1140. The molecular formula is C27H25NO4. The summed E-state index contributed by atoms with van der Waals surface area (Å²) in [5, 5.41) is 23.7. The van der Waals surface area contributed by atoms with Crippen molar-refractivity contribution in [3.8, 4) is 11.1 Å². The van der Waals surface area contributed by atoms with Crippen LogP contribution >= 0.6 is 0 Å². The molecule has 3 aromatic rings. The number of nitrogens with one attached hydrogen (secondary N) is 1. The molecule has 5 rings (SSSR count). The Morgan fingerprint density at radius 1 is 0.969 bits per heavy atom. The van der Waals surface area contributed by atoms with Crippen molar-refractivity contribution >= 4 is 12.2 Å². The van der Waals surface area contributed by atoms with E-state index in [9.17, 15) is 15.0 Å². The summed E-state index contributed by atoms with van der Waals surface area (Å²) in [5.41, 5.74) is 7.38. The van der Waals surface area contributed by atoms with Gasteiger partial charge in [0.15, 0.2) is 0 Å². The molecule has 5 nitrogen and oxygen atoms in total. The van der Waals surface area contributed by atoms with Crippen LogP contribution in [0.2, 0.25) is 0 Å². The van der Waals surface area contributed by atoms with Crippen molar-refractivity contribution < 1.29 is 19.7 Å². The lowest BCUT2D eigenvalue weighted by Gasteiger charge is -2.21. The van der Waals surface area contributed by atoms with Gasteiger partial charge in [0.2, 0.25) is 0 Å². The van der Waals surface area contributed by atoms with Crippen LogP contribution in [-0.4, -0.2) is 35.6 Å². The minimum absolute atomic E-state index is 0.0249. The molecule has 0 aromatic heterocycles. The Morgan fingerprint density at radius 3 is 2.38 bits per heavy atom. The van der Waals surface area contributed by atoms with Gasteiger partial charge >= 0.3 is 6.09 Å². The van der Waals surface area contributed by atoms with E-state index in [1.54, 1.807) is 0 Å². The molecule has 3 aromatic carbocycles. The molecule has 0 radical (unpaired) electrons. The van der Waals surface area contributed by atoms with E-state index >= 15 is 0 Å². The molecule has 2 unspecified atom stereocenters. The van der Waals surface area contributed by atoms with Crippen molar-refractivity contribution in [3.63, 3.8) is 0 Å². The van der Waals surface area contributed by atoms with Crippen molar-refractivity contribution in [2.45, 2.75) is 24.5 Å². The number of hydrogen-bond donors (Lipinski definition) is 3. The van der Waals surface area contributed by atoms with Gasteiger partial charge in [-0.3, -0.25) is 0 Å². The Hall–Kier alpha value is -3.41. The highest BCUT2D eigenvalue weighted by Crippen LogP contribution is 2.44. The van der Waals surface area contributed by atoms with Gasteiger partial charge in [0.05, 0.1) is 0 Å². The second kappa shape index (κ2) is 8.61. The van der Waals surface area contributed by atoms with Crippen molar-refractivity contribution in [2.75, 3.05) is 13.2 Å². The van der Waals surface area contributed by atoms with E-state index in [2.05, 4.69) is 29.6 Å². The molecule has 0 saturated heterocycles. The van der Waals surface area contributed by atoms with Crippen LogP contribution in [0.25, 0.3) is 17.2 Å². The zero-order chi connectivity index (χ0) is 22.1. The summed E-state index contributed by atoms with van der Waals surface area (Å²) < 4.78 is 5.50. The van der Waals surface area contributed by atoms with E-state index in [-0.39, 0.29) is 19.1 Å². The molecule has 5 heteroatoms. The number of hydrogen-bond acceptors (Lipinski definition) is 4. The van der Waals surface area contributed by atoms with Gasteiger partial charge in [-0.25, -0.2) is 4.79 Å². The SMILES string of the molecule is O=C(NCC(O)C(O)c1cccc2c1CC=C2)OCC1c2ccccc2-c2ccccc21. The lowest BCUT2D eigenvalue weighted by Crippen LogP contribution is -2.36. The second-order valence-electron chi connectivity index (χ2n) is 8.24. The number of alkyl carbamates (subject to hydrolysis) is 1. The summed E-state index contributed by atoms with van der Waals surface area (Å²) >= 11 is 0. The topological polar surface area (TPSA) is 78.8 Å². The van der Waals surface area contributed by atoms with E-state index in [4.69, 9.17) is 4.74 Å². The summed E-state index contributed by atoms with van der Waals surface area (Å²) in [6.07, 6.45) is 1.93. The molecule has 0 bridgehead atoms. The van der Waals surface area contributed by atoms with Gasteiger partial charge in [-0.1, -0.05) is 78.9 Å². The maximum Gasteiger partial charge on any atom is 0.407 e. The molecule has 0 aliphatic heterocycles. The first-order chi connectivity index (χ1) is 15.6. The van der Waals surface area contributed by atoms with E-state index in [0.717, 1.165) is 28.7 Å². The van der Waals surface area contributed by atoms with Crippen molar-refractivity contribution in [1.29, 1.82) is 0 Å². The number of aliphatic hydroxyl groups excluding tert-OH is 2. The van der Waals surface area contributed by atoms with E-state index in [1.807, 2.05) is 54.6 Å². The normalized spacial score (nSPS) is 15.6. The standard InChI is InChI=1S/C27H25NO4/c29-25(26(30)23-14-6-8-17-7-5-13-18(17)23)15-28-27(31)32-16-24-21-11-3-1-9-19(21)20-10-2-4-12-22(20)24/h1-12,14,24-26,29-30H,13,15-16H2,(H,28,31). The van der Waals surface area contributed by atoms with E-state index in [1.165, 1.54) is 11.1 Å². The number of carbonyl (C=O) groups is 1. The molecule has 3 N–H and O–H groups in total. The summed E-state index contributed by atoms with van der Waals surface area (Å²) in [5.74, 6) is -0.0249. The highest BCUT2D eigenvalue weighted by Gasteiger charge is 2.29. The molecule has 2 aliphatic rings. The summed E-state index contributed by atoms with van der Waals surface area (Å²) in [6.45, 7) is 0.102. The minimum Gasteiger partial charge on any atom is -0.449 e. The molecule has 0 saturated carbocycles. The third-order valence-corrected chi connectivity index (χ3v) is 6.35. The van der Waals surface area contributed by atoms with Crippen molar-refractivity contribution in [3.05, 3.63) is 101 Å². The summed E-state index contributed by atoms with van der Waals surface area (Å²) in [7, 11) is 0. The lowest BCUT2D eigenvalue weighted by atomic mass is 9.95. The molecule has 0 spiro atoms. The van der Waals surface area contributed by atoms with Crippen LogP contribution in [0.5, 0.6) is 0 Å². The number of aliphatic hydroxyl groups is 2. The number of rotatable bonds is 6. The first-order valence-electron chi connectivity index (χ1n) is 10.9. The second-order valence-corrected chi connectivity index (χ2v) is 8.24. The van der Waals surface area contributed by atoms with Gasteiger partial charge in [-0.05, 0) is 45.4 Å². The van der Waals surface area contributed by atoms with Crippen LogP contribution in [0.4, 0.5) is 4.79 Å². The van der Waals surface area contributed by atoms with Crippen LogP contribution in [0.15, 0.2) is 72.8 Å². The lowest BCUT2D eigenvalue weighted by molar-refractivity contribution is 0.0181. The Balaban J connectivity index is 1.19. The molecular weight excluding hydrogens is 402 g/mol. The van der Waals surface area contributed by atoms with Crippen LogP contribution < -0.4 is 5.32 Å². The highest BCUT2D eigenvalue weighted by molar-refractivity contribution is 5.79. The quantitative estimate of drug-likeness (QED) is 0.551. The fraction of sp³-hybridized carbons (Fsp3) is 0.222. The summed E-state index contributed by atoms with van der Waals surface area (Å²) in [4.78, 5) is 12.3. The van der Waals surface area contributed by atoms with Crippen LogP contribution in [-0.2, 0) is 11.2 Å². The molecule has 0 heterocycles. The maximum absolute atomic E-state index is 12.3. The number of allylic oxidation sites excluding steroid dienone is 1. The number of ether oxygens (including phenoxy) is 1. The monoisotopic (exact) mass is 427 g/mol. The average Bonchev–Trinajstić information content (AvgIpc) is 3.43. The Labute approximate surface area is 187 Å². The molecule has 32 heavy (non-hydrogen) atoms. The molecule has 2 atom stereocenters. The van der Waals surface area contributed by atoms with Crippen LogP contribution in [0, 0.1) is 0 Å². The summed E-state index contributed by atoms with van der Waals surface area (Å²) in [6, 6.07) is 22.0. The molecule has 162 valence electrons. The zero-order valence-electron chi connectivity index (χ0n) is 17.6. The van der Waals surface area contributed by atoms with Crippen molar-refractivity contribution in [1.82, 2.24) is 5.32 Å². The highest BCUT2D eigenvalue weighted by atomic mass is 16.5. The predicted octanol–water partition coefficient (Wildman–Crippen LogP) is 4.19. The van der Waals surface area contributed by atoms with E-state index in [0.29, 0.717) is 5.56 Å². The Morgan fingerprint density at radius 2 is 1.66 bits per heavy atom. The van der Waals surface area contributed by atoms with Gasteiger partial charge in [0.25, 0.3) is 0 Å². The molecule has 2 aliphatic carbocycles. The first-order valence-corrected chi connectivity index (χ1v) is 10.9. The molecule has 1 amide bonds. The number of amides is 1. The smallest absolute Gasteiger partial charge is 0.407 e. The molecule has 0 fully saturated rings. The van der Waals surface area contributed by atoms with Gasteiger partial charge < -0.3 is 20.3 Å². The predicted molar refractivity (Wildman–Crippen MR) is 123 cm³/mol. The number of carbonyl (C=O) groups excluding carboxylic acids is 1. The first kappa shape index (κ1) is 20.5. The van der Waals surface area contributed by atoms with E-state index < -0.39 is 18.3 Å². The fourth-order valence-electron chi connectivity index (χ4n) is 4.75. The Kier molecular flexibility index (Phi) is 5.52. The maximum atomic E-state index is 12.3. The average molecular weight is 428 g/mol. The minimum atomic E-state index is -1.14. The van der Waals surface area contributed by atoms with Crippen LogP contribution in [0.3, 0.4) is 0 Å². The third-order valence-electron chi connectivity index (χ3n) is 6.35. The van der Waals surface area contributed by atoms with Gasteiger partial charge in [0, 0.05) is 12.5 Å². The number of benzene rings is 3. The third kappa shape index (κ3) is 3.70. The van der Waals surface area contributed by atoms with Gasteiger partial charge in [-0.2, -0.15) is 0 Å². The zero-order valence-corrected chi connectivity index (χ0v) is 17.6. The largest absolute Gasteiger partial charge is 0.449 e. The van der Waals surface area contributed by atoms with Gasteiger partial charge in [0.1, 0.15) is 18.8 Å². The number of fused-ring (bicyclic) bond motifs is 4. The fourth-order valence-corrected chi connectivity index (χ4v) is 4.75. The van der Waals surface area contributed by atoms with Crippen LogP contribution in [0.1, 0.15) is 39.8 Å². The van der Waals surface area contributed by atoms with Crippen molar-refractivity contribution in [2.24, 2.45) is 0 Å². The van der Waals surface area contributed by atoms with Gasteiger partial charge in [-0.15, -0.1) is 0 Å².